The number of likely N-dealkylation sites (tertiary alicyclic amines) is 1. The van der Waals surface area contributed by atoms with Crippen LogP contribution in [-0.4, -0.2) is 35.4 Å². The van der Waals surface area contributed by atoms with Gasteiger partial charge in [-0.1, -0.05) is 13.8 Å². The Morgan fingerprint density at radius 1 is 1.37 bits per heavy atom. The summed E-state index contributed by atoms with van der Waals surface area (Å²) in [5.74, 6) is 0.701. The fourth-order valence-corrected chi connectivity index (χ4v) is 2.32. The lowest BCUT2D eigenvalue weighted by molar-refractivity contribution is 0.0200. The normalized spacial score (nSPS) is 19.1. The van der Waals surface area contributed by atoms with Gasteiger partial charge >= 0.3 is 6.09 Å². The predicted molar refractivity (Wildman–Crippen MR) is 77.7 cm³/mol. The van der Waals surface area contributed by atoms with E-state index in [1.807, 2.05) is 20.8 Å². The molecule has 0 aromatic rings. The van der Waals surface area contributed by atoms with Crippen LogP contribution in [0.2, 0.25) is 0 Å². The highest BCUT2D eigenvalue weighted by Crippen LogP contribution is 2.24. The molecule has 1 heterocycles. The van der Waals surface area contributed by atoms with Crippen LogP contribution in [0.15, 0.2) is 0 Å². The Morgan fingerprint density at radius 3 is 2.32 bits per heavy atom. The van der Waals surface area contributed by atoms with Crippen molar-refractivity contribution in [3.05, 3.63) is 0 Å². The van der Waals surface area contributed by atoms with E-state index in [0.717, 1.165) is 25.0 Å². The summed E-state index contributed by atoms with van der Waals surface area (Å²) >= 11 is 0. The Balaban J connectivity index is 2.45. The van der Waals surface area contributed by atoms with Gasteiger partial charge in [-0.2, -0.15) is 0 Å². The lowest BCUT2D eigenvalue weighted by Gasteiger charge is -2.34. The molecule has 0 radical (unpaired) electrons. The number of nitrogens with one attached hydrogen (secondary N) is 1. The maximum absolute atomic E-state index is 11.9. The molecule has 1 saturated heterocycles. The fraction of sp³-hybridized carbons (Fsp3) is 0.867. The maximum atomic E-state index is 11.9. The van der Waals surface area contributed by atoms with E-state index >= 15 is 0 Å². The SMILES string of the molecule is CC[C@H](C)C(=N)C1CCN(C(=O)OC(C)(C)C)CC1. The van der Waals surface area contributed by atoms with Crippen LogP contribution in [0.1, 0.15) is 53.9 Å². The van der Waals surface area contributed by atoms with E-state index in [9.17, 15) is 4.79 Å². The summed E-state index contributed by atoms with van der Waals surface area (Å²) in [6.07, 6.45) is 2.58. The zero-order valence-electron chi connectivity index (χ0n) is 13.0. The largest absolute Gasteiger partial charge is 0.444 e. The third kappa shape index (κ3) is 4.84. The van der Waals surface area contributed by atoms with E-state index in [1.54, 1.807) is 4.90 Å². The summed E-state index contributed by atoms with van der Waals surface area (Å²) in [5.41, 5.74) is 0.420. The van der Waals surface area contributed by atoms with Gasteiger partial charge in [0.2, 0.25) is 0 Å². The van der Waals surface area contributed by atoms with Crippen molar-refractivity contribution >= 4 is 11.8 Å². The first kappa shape index (κ1) is 16.0. The number of nitrogens with zero attached hydrogens (tertiary/aromatic N) is 1. The second kappa shape index (κ2) is 6.40. The van der Waals surface area contributed by atoms with Crippen molar-refractivity contribution in [2.75, 3.05) is 13.1 Å². The number of piperidine rings is 1. The smallest absolute Gasteiger partial charge is 0.410 e. The molecule has 4 nitrogen and oxygen atoms in total. The highest BCUT2D eigenvalue weighted by atomic mass is 16.6. The lowest BCUT2D eigenvalue weighted by atomic mass is 9.85. The number of amides is 1. The van der Waals surface area contributed by atoms with Crippen molar-refractivity contribution in [3.8, 4) is 0 Å². The van der Waals surface area contributed by atoms with Crippen LogP contribution in [0.5, 0.6) is 0 Å². The molecule has 0 spiro atoms. The van der Waals surface area contributed by atoms with Crippen molar-refractivity contribution in [2.24, 2.45) is 11.8 Å². The zero-order valence-corrected chi connectivity index (χ0v) is 13.0. The number of hydrogen-bond donors (Lipinski definition) is 1. The first-order chi connectivity index (χ1) is 8.74. The molecule has 0 aliphatic carbocycles. The molecule has 1 aliphatic heterocycles. The molecule has 1 aliphatic rings. The van der Waals surface area contributed by atoms with Gasteiger partial charge in [-0.15, -0.1) is 0 Å². The summed E-state index contributed by atoms with van der Waals surface area (Å²) in [6, 6.07) is 0. The summed E-state index contributed by atoms with van der Waals surface area (Å²) in [4.78, 5) is 13.7. The summed E-state index contributed by atoms with van der Waals surface area (Å²) < 4.78 is 5.37. The Labute approximate surface area is 117 Å². The Hall–Kier alpha value is -1.06. The van der Waals surface area contributed by atoms with Gasteiger partial charge in [0.15, 0.2) is 0 Å². The van der Waals surface area contributed by atoms with Crippen LogP contribution in [-0.2, 0) is 4.74 Å². The second-order valence-electron chi connectivity index (χ2n) is 6.51. The average molecular weight is 268 g/mol. The lowest BCUT2D eigenvalue weighted by Crippen LogP contribution is -2.43. The van der Waals surface area contributed by atoms with Crippen molar-refractivity contribution in [2.45, 2.75) is 59.5 Å². The van der Waals surface area contributed by atoms with Gasteiger partial charge in [-0.05, 0) is 46.0 Å². The van der Waals surface area contributed by atoms with Crippen molar-refractivity contribution in [1.29, 1.82) is 5.41 Å². The molecule has 1 fully saturated rings. The molecule has 110 valence electrons. The monoisotopic (exact) mass is 268 g/mol. The van der Waals surface area contributed by atoms with E-state index in [4.69, 9.17) is 10.1 Å². The number of carbonyl (C=O) groups excluding carboxylic acids is 1. The molecule has 4 heteroatoms. The standard InChI is InChI=1S/C15H28N2O2/c1-6-11(2)13(16)12-7-9-17(10-8-12)14(18)19-15(3,4)5/h11-12,16H,6-10H2,1-5H3/t11-/m0/s1. The van der Waals surface area contributed by atoms with Crippen LogP contribution in [0, 0.1) is 17.2 Å². The van der Waals surface area contributed by atoms with Gasteiger partial charge in [0.05, 0.1) is 0 Å². The van der Waals surface area contributed by atoms with Gasteiger partial charge in [0.25, 0.3) is 0 Å². The molecule has 19 heavy (non-hydrogen) atoms. The Morgan fingerprint density at radius 2 is 1.89 bits per heavy atom. The number of hydrogen-bond acceptors (Lipinski definition) is 3. The zero-order chi connectivity index (χ0) is 14.6. The third-order valence-corrected chi connectivity index (χ3v) is 3.73. The van der Waals surface area contributed by atoms with Crippen LogP contribution in [0.4, 0.5) is 4.79 Å². The minimum atomic E-state index is -0.433. The maximum Gasteiger partial charge on any atom is 0.410 e. The van der Waals surface area contributed by atoms with Crippen molar-refractivity contribution in [1.82, 2.24) is 4.90 Å². The van der Waals surface area contributed by atoms with Crippen LogP contribution < -0.4 is 0 Å². The van der Waals surface area contributed by atoms with Crippen molar-refractivity contribution < 1.29 is 9.53 Å². The van der Waals surface area contributed by atoms with E-state index in [0.29, 0.717) is 24.9 Å². The highest BCUT2D eigenvalue weighted by molar-refractivity contribution is 5.86. The first-order valence-electron chi connectivity index (χ1n) is 7.30. The molecule has 1 rings (SSSR count). The second-order valence-corrected chi connectivity index (χ2v) is 6.51. The van der Waals surface area contributed by atoms with E-state index in [2.05, 4.69) is 13.8 Å². The van der Waals surface area contributed by atoms with Crippen molar-refractivity contribution in [3.63, 3.8) is 0 Å². The van der Waals surface area contributed by atoms with Crippen LogP contribution in [0.25, 0.3) is 0 Å². The summed E-state index contributed by atoms with van der Waals surface area (Å²) in [5, 5.41) is 8.17. The molecular weight excluding hydrogens is 240 g/mol. The van der Waals surface area contributed by atoms with Crippen LogP contribution in [0.3, 0.4) is 0 Å². The topological polar surface area (TPSA) is 53.4 Å². The Bertz CT molecular complexity index is 326. The molecule has 0 saturated carbocycles. The molecule has 0 aromatic heterocycles. The molecular formula is C15H28N2O2. The van der Waals surface area contributed by atoms with Crippen LogP contribution >= 0.6 is 0 Å². The molecule has 1 atom stereocenters. The van der Waals surface area contributed by atoms with Gasteiger partial charge in [-0.3, -0.25) is 0 Å². The number of rotatable bonds is 3. The van der Waals surface area contributed by atoms with E-state index in [1.165, 1.54) is 0 Å². The molecule has 1 N–H and O–H groups in total. The predicted octanol–water partition coefficient (Wildman–Crippen LogP) is 3.70. The summed E-state index contributed by atoms with van der Waals surface area (Å²) in [6.45, 7) is 11.3. The van der Waals surface area contributed by atoms with Gasteiger partial charge < -0.3 is 15.0 Å². The summed E-state index contributed by atoms with van der Waals surface area (Å²) in [7, 11) is 0. The fourth-order valence-electron chi connectivity index (χ4n) is 2.32. The van der Waals surface area contributed by atoms with E-state index < -0.39 is 5.60 Å². The third-order valence-electron chi connectivity index (χ3n) is 3.73. The minimum Gasteiger partial charge on any atom is -0.444 e. The molecule has 0 unspecified atom stereocenters. The average Bonchev–Trinajstić information content (AvgIpc) is 2.35. The number of ether oxygens (including phenoxy) is 1. The Kier molecular flexibility index (Phi) is 5.39. The van der Waals surface area contributed by atoms with Gasteiger partial charge in [-0.25, -0.2) is 4.79 Å². The molecule has 0 bridgehead atoms. The minimum absolute atomic E-state index is 0.221. The first-order valence-corrected chi connectivity index (χ1v) is 7.30. The molecule has 1 amide bonds. The number of carbonyl (C=O) groups is 1. The van der Waals surface area contributed by atoms with Gasteiger partial charge in [0.1, 0.15) is 5.60 Å². The highest BCUT2D eigenvalue weighted by Gasteiger charge is 2.29. The van der Waals surface area contributed by atoms with E-state index in [-0.39, 0.29) is 6.09 Å². The quantitative estimate of drug-likeness (QED) is 0.793. The van der Waals surface area contributed by atoms with Gasteiger partial charge in [0, 0.05) is 24.7 Å². The molecule has 0 aromatic carbocycles.